The average Bonchev–Trinajstić information content (AvgIpc) is 2.68. The summed E-state index contributed by atoms with van der Waals surface area (Å²) in [5, 5.41) is 12.2. The highest BCUT2D eigenvalue weighted by Crippen LogP contribution is 2.18. The van der Waals surface area contributed by atoms with Crippen molar-refractivity contribution < 1.29 is 14.3 Å². The summed E-state index contributed by atoms with van der Waals surface area (Å²) in [7, 11) is 0. The number of nitrogens with zero attached hydrogens (tertiary/aromatic N) is 1. The Kier molecular flexibility index (Phi) is 3.22. The highest BCUT2D eigenvalue weighted by Gasteiger charge is 2.38. The molecule has 1 fully saturated rings. The smallest absolute Gasteiger partial charge is 0.240 e. The number of aliphatic hydroxyl groups excluding tert-OH is 1. The number of carbonyl (C=O) groups is 1. The van der Waals surface area contributed by atoms with E-state index in [2.05, 4.69) is 5.32 Å². The first-order valence-corrected chi connectivity index (χ1v) is 5.71. The lowest BCUT2D eigenvalue weighted by Crippen LogP contribution is -2.65. The normalized spacial score (nSPS) is 24.6. The predicted octanol–water partition coefficient (Wildman–Crippen LogP) is 0.351. The van der Waals surface area contributed by atoms with Crippen LogP contribution in [0.3, 0.4) is 0 Å². The predicted molar refractivity (Wildman–Crippen MR) is 62.2 cm³/mol. The van der Waals surface area contributed by atoms with Crippen LogP contribution >= 0.6 is 0 Å². The van der Waals surface area contributed by atoms with E-state index in [9.17, 15) is 9.90 Å². The Balaban J connectivity index is 2.13. The van der Waals surface area contributed by atoms with E-state index in [4.69, 9.17) is 4.42 Å². The molecular weight excluding hydrogens is 220 g/mol. The van der Waals surface area contributed by atoms with Crippen LogP contribution in [0.2, 0.25) is 0 Å². The molecule has 1 aromatic rings. The summed E-state index contributed by atoms with van der Waals surface area (Å²) in [6.45, 7) is 4.98. The van der Waals surface area contributed by atoms with Gasteiger partial charge in [-0.15, -0.1) is 0 Å². The minimum atomic E-state index is -0.492. The van der Waals surface area contributed by atoms with Crippen LogP contribution in [0.5, 0.6) is 0 Å². The number of carbonyl (C=O) groups excluding carboxylic acids is 1. The number of hydrogen-bond acceptors (Lipinski definition) is 4. The van der Waals surface area contributed by atoms with Crippen molar-refractivity contribution in [1.82, 2.24) is 10.2 Å². The minimum absolute atomic E-state index is 0.129. The van der Waals surface area contributed by atoms with Crippen LogP contribution in [0.25, 0.3) is 0 Å². The summed E-state index contributed by atoms with van der Waals surface area (Å²) in [5.74, 6) is 0.671. The van der Waals surface area contributed by atoms with Gasteiger partial charge >= 0.3 is 0 Å². The van der Waals surface area contributed by atoms with Gasteiger partial charge in [-0.3, -0.25) is 9.69 Å². The number of aliphatic hydroxyl groups is 1. The molecule has 1 saturated heterocycles. The second kappa shape index (κ2) is 4.50. The maximum Gasteiger partial charge on any atom is 0.240 e. The summed E-state index contributed by atoms with van der Waals surface area (Å²) in [6, 6.07) is 3.19. The van der Waals surface area contributed by atoms with E-state index in [1.807, 2.05) is 30.9 Å². The summed E-state index contributed by atoms with van der Waals surface area (Å²) in [5.41, 5.74) is -0.282. The van der Waals surface area contributed by atoms with Crippen LogP contribution in [-0.4, -0.2) is 40.6 Å². The van der Waals surface area contributed by atoms with Crippen molar-refractivity contribution >= 4 is 5.91 Å². The van der Waals surface area contributed by atoms with Crippen LogP contribution < -0.4 is 5.32 Å². The number of furan rings is 1. The molecule has 1 aliphatic heterocycles. The molecule has 94 valence electrons. The van der Waals surface area contributed by atoms with Crippen molar-refractivity contribution in [2.45, 2.75) is 32.0 Å². The van der Waals surface area contributed by atoms with Gasteiger partial charge in [0.05, 0.1) is 19.4 Å². The third kappa shape index (κ3) is 2.68. The first-order chi connectivity index (χ1) is 8.02. The molecule has 2 heterocycles. The molecule has 1 unspecified atom stereocenters. The van der Waals surface area contributed by atoms with Crippen LogP contribution in [0.4, 0.5) is 0 Å². The Bertz CT molecular complexity index is 386. The van der Waals surface area contributed by atoms with Crippen LogP contribution in [-0.2, 0) is 11.3 Å². The Morgan fingerprint density at radius 3 is 3.00 bits per heavy atom. The van der Waals surface area contributed by atoms with Gasteiger partial charge in [0.15, 0.2) is 0 Å². The zero-order valence-electron chi connectivity index (χ0n) is 10.1. The molecule has 1 aromatic heterocycles. The second-order valence-electron chi connectivity index (χ2n) is 5.06. The molecule has 2 rings (SSSR count). The molecule has 5 heteroatoms. The van der Waals surface area contributed by atoms with Crippen LogP contribution in [0.15, 0.2) is 22.8 Å². The van der Waals surface area contributed by atoms with Crippen molar-refractivity contribution in [2.24, 2.45) is 0 Å². The van der Waals surface area contributed by atoms with Gasteiger partial charge in [0.1, 0.15) is 11.8 Å². The fourth-order valence-electron chi connectivity index (χ4n) is 2.21. The summed E-state index contributed by atoms with van der Waals surface area (Å²) in [6.07, 6.45) is 1.61. The standard InChI is InChI=1S/C12H18N2O3/c1-12(2)8-14(6-9-4-3-5-17-9)10(7-15)11(16)13-12/h3-5,10,15H,6-8H2,1-2H3,(H,13,16). The minimum Gasteiger partial charge on any atom is -0.468 e. The molecule has 5 nitrogen and oxygen atoms in total. The van der Waals surface area contributed by atoms with Gasteiger partial charge in [-0.05, 0) is 26.0 Å². The van der Waals surface area contributed by atoms with E-state index in [1.54, 1.807) is 6.26 Å². The van der Waals surface area contributed by atoms with E-state index >= 15 is 0 Å². The molecule has 1 aliphatic rings. The monoisotopic (exact) mass is 238 g/mol. The van der Waals surface area contributed by atoms with E-state index in [0.717, 1.165) is 5.76 Å². The molecule has 0 aromatic carbocycles. The Morgan fingerprint density at radius 1 is 1.65 bits per heavy atom. The van der Waals surface area contributed by atoms with E-state index in [1.165, 1.54) is 0 Å². The number of nitrogens with one attached hydrogen (secondary N) is 1. The number of piperazine rings is 1. The first kappa shape index (κ1) is 12.1. The molecule has 0 bridgehead atoms. The Morgan fingerprint density at radius 2 is 2.41 bits per heavy atom. The van der Waals surface area contributed by atoms with Gasteiger partial charge in [-0.25, -0.2) is 0 Å². The summed E-state index contributed by atoms with van der Waals surface area (Å²) in [4.78, 5) is 13.8. The summed E-state index contributed by atoms with van der Waals surface area (Å²) < 4.78 is 5.28. The van der Waals surface area contributed by atoms with Crippen molar-refractivity contribution in [3.63, 3.8) is 0 Å². The highest BCUT2D eigenvalue weighted by molar-refractivity contribution is 5.83. The number of amides is 1. The van der Waals surface area contributed by atoms with Crippen molar-refractivity contribution in [3.8, 4) is 0 Å². The van der Waals surface area contributed by atoms with E-state index in [-0.39, 0.29) is 18.1 Å². The van der Waals surface area contributed by atoms with Crippen LogP contribution in [0.1, 0.15) is 19.6 Å². The number of hydrogen-bond donors (Lipinski definition) is 2. The lowest BCUT2D eigenvalue weighted by atomic mass is 9.98. The maximum atomic E-state index is 11.8. The van der Waals surface area contributed by atoms with E-state index in [0.29, 0.717) is 13.1 Å². The Hall–Kier alpha value is -1.33. The molecule has 0 aliphatic carbocycles. The van der Waals surface area contributed by atoms with E-state index < -0.39 is 6.04 Å². The lowest BCUT2D eigenvalue weighted by molar-refractivity contribution is -0.135. The molecule has 1 atom stereocenters. The molecule has 0 radical (unpaired) electrons. The topological polar surface area (TPSA) is 65.7 Å². The van der Waals surface area contributed by atoms with Crippen molar-refractivity contribution in [1.29, 1.82) is 0 Å². The van der Waals surface area contributed by atoms with Gasteiger partial charge in [0.2, 0.25) is 5.91 Å². The van der Waals surface area contributed by atoms with Gasteiger partial charge < -0.3 is 14.8 Å². The number of rotatable bonds is 3. The molecular formula is C12H18N2O3. The SMILES string of the molecule is CC1(C)CN(Cc2ccco2)C(CO)C(=O)N1. The third-order valence-corrected chi connectivity index (χ3v) is 2.92. The largest absolute Gasteiger partial charge is 0.468 e. The van der Waals surface area contributed by atoms with Gasteiger partial charge in [0.25, 0.3) is 0 Å². The first-order valence-electron chi connectivity index (χ1n) is 5.71. The van der Waals surface area contributed by atoms with Gasteiger partial charge in [-0.2, -0.15) is 0 Å². The highest BCUT2D eigenvalue weighted by atomic mass is 16.3. The summed E-state index contributed by atoms with van der Waals surface area (Å²) >= 11 is 0. The Labute approximate surface area is 100 Å². The second-order valence-corrected chi connectivity index (χ2v) is 5.06. The molecule has 1 amide bonds. The third-order valence-electron chi connectivity index (χ3n) is 2.92. The molecule has 0 spiro atoms. The maximum absolute atomic E-state index is 11.8. The zero-order valence-corrected chi connectivity index (χ0v) is 10.1. The average molecular weight is 238 g/mol. The molecule has 0 saturated carbocycles. The van der Waals surface area contributed by atoms with Crippen LogP contribution in [0, 0.1) is 0 Å². The van der Waals surface area contributed by atoms with Crippen molar-refractivity contribution in [2.75, 3.05) is 13.2 Å². The van der Waals surface area contributed by atoms with Gasteiger partial charge in [0, 0.05) is 12.1 Å². The fraction of sp³-hybridized carbons (Fsp3) is 0.583. The quantitative estimate of drug-likeness (QED) is 0.797. The lowest BCUT2D eigenvalue weighted by Gasteiger charge is -2.42. The molecule has 2 N–H and O–H groups in total. The van der Waals surface area contributed by atoms with Crippen molar-refractivity contribution in [3.05, 3.63) is 24.2 Å². The zero-order chi connectivity index (χ0) is 12.5. The fourth-order valence-corrected chi connectivity index (χ4v) is 2.21. The molecule has 17 heavy (non-hydrogen) atoms. The van der Waals surface area contributed by atoms with Gasteiger partial charge in [-0.1, -0.05) is 0 Å².